The van der Waals surface area contributed by atoms with Crippen molar-refractivity contribution in [1.82, 2.24) is 10.1 Å². The molecule has 0 atom stereocenters. The maximum Gasteiger partial charge on any atom is 0.260 e. The number of hydrogen-bond donors (Lipinski definition) is 1. The maximum atomic E-state index is 5.66. The molecular weight excluding hydrogens is 270 g/mol. The van der Waals surface area contributed by atoms with Crippen molar-refractivity contribution < 1.29 is 14.0 Å². The van der Waals surface area contributed by atoms with Crippen LogP contribution < -0.4 is 5.32 Å². The highest BCUT2D eigenvalue weighted by Crippen LogP contribution is 2.28. The first-order valence-electron chi connectivity index (χ1n) is 6.98. The third kappa shape index (κ3) is 3.22. The van der Waals surface area contributed by atoms with E-state index in [0.29, 0.717) is 24.9 Å². The van der Waals surface area contributed by atoms with Crippen molar-refractivity contribution in [1.29, 1.82) is 0 Å². The van der Waals surface area contributed by atoms with Gasteiger partial charge in [0.1, 0.15) is 0 Å². The van der Waals surface area contributed by atoms with Gasteiger partial charge in [0.2, 0.25) is 0 Å². The number of anilines is 1. The molecule has 0 amide bonds. The van der Waals surface area contributed by atoms with Crippen LogP contribution >= 0.6 is 0 Å². The van der Waals surface area contributed by atoms with E-state index in [1.54, 1.807) is 6.92 Å². The number of nitrogens with one attached hydrogen (secondary N) is 1. The molecule has 0 unspecified atom stereocenters. The van der Waals surface area contributed by atoms with Crippen molar-refractivity contribution in [2.75, 3.05) is 18.5 Å². The first-order valence-corrected chi connectivity index (χ1v) is 6.98. The monoisotopic (exact) mass is 289 g/mol. The van der Waals surface area contributed by atoms with Gasteiger partial charge in [-0.1, -0.05) is 17.3 Å². The molecule has 2 aromatic rings. The zero-order chi connectivity index (χ0) is 14.9. The van der Waals surface area contributed by atoms with Crippen molar-refractivity contribution in [2.45, 2.75) is 32.6 Å². The smallest absolute Gasteiger partial charge is 0.260 e. The Bertz CT molecular complexity index is 614. The fourth-order valence-electron chi connectivity index (χ4n) is 2.20. The number of aromatic nitrogens is 2. The lowest BCUT2D eigenvalue weighted by molar-refractivity contribution is -0.247. The normalized spacial score (nSPS) is 18.6. The van der Waals surface area contributed by atoms with Crippen LogP contribution in [0.4, 0.5) is 5.69 Å². The number of nitrogens with zero attached hydrogens (tertiary/aromatic N) is 2. The number of rotatable bonds is 3. The Morgan fingerprint density at radius 1 is 1.19 bits per heavy atom. The molecule has 112 valence electrons. The summed E-state index contributed by atoms with van der Waals surface area (Å²) in [6, 6.07) is 7.92. The van der Waals surface area contributed by atoms with Crippen molar-refractivity contribution in [3.05, 3.63) is 30.1 Å². The lowest BCUT2D eigenvalue weighted by Gasteiger charge is -2.35. The minimum Gasteiger partial charge on any atom is -0.377 e. The van der Waals surface area contributed by atoms with Crippen LogP contribution in [0.2, 0.25) is 0 Å². The highest BCUT2D eigenvalue weighted by molar-refractivity contribution is 5.72. The summed E-state index contributed by atoms with van der Waals surface area (Å²) < 4.78 is 16.6. The van der Waals surface area contributed by atoms with E-state index in [4.69, 9.17) is 14.0 Å². The lowest BCUT2D eigenvalue weighted by Crippen LogP contribution is -2.45. The summed E-state index contributed by atoms with van der Waals surface area (Å²) in [4.78, 5) is 4.28. The first-order chi connectivity index (χ1) is 10.0. The lowest BCUT2D eigenvalue weighted by atomic mass is 10.1. The predicted molar refractivity (Wildman–Crippen MR) is 77.9 cm³/mol. The summed E-state index contributed by atoms with van der Waals surface area (Å²) >= 11 is 0. The number of para-hydroxylation sites is 1. The Morgan fingerprint density at radius 3 is 2.57 bits per heavy atom. The summed E-state index contributed by atoms with van der Waals surface area (Å²) in [6.45, 7) is 6.80. The van der Waals surface area contributed by atoms with E-state index in [0.717, 1.165) is 11.3 Å². The number of ether oxygens (including phenoxy) is 2. The third-order valence-corrected chi connectivity index (χ3v) is 3.31. The topological polar surface area (TPSA) is 69.4 Å². The summed E-state index contributed by atoms with van der Waals surface area (Å²) in [5.74, 6) is 0.612. The summed E-state index contributed by atoms with van der Waals surface area (Å²) in [6.07, 6.45) is 0. The van der Waals surface area contributed by atoms with Gasteiger partial charge in [0.15, 0.2) is 11.6 Å². The van der Waals surface area contributed by atoms with E-state index in [1.165, 1.54) is 0 Å². The first kappa shape index (κ1) is 14.0. The molecule has 1 N–H and O–H groups in total. The van der Waals surface area contributed by atoms with Crippen LogP contribution in [0.5, 0.6) is 0 Å². The third-order valence-electron chi connectivity index (χ3n) is 3.31. The highest BCUT2D eigenvalue weighted by atomic mass is 16.7. The van der Waals surface area contributed by atoms with Crippen molar-refractivity contribution in [2.24, 2.45) is 0 Å². The molecule has 1 aromatic heterocycles. The molecule has 1 fully saturated rings. The molecule has 21 heavy (non-hydrogen) atoms. The minimum atomic E-state index is -0.513. The molecule has 2 heterocycles. The molecule has 1 aromatic carbocycles. The fourth-order valence-corrected chi connectivity index (χ4v) is 2.20. The average Bonchev–Trinajstić information content (AvgIpc) is 2.88. The largest absolute Gasteiger partial charge is 0.377 e. The van der Waals surface area contributed by atoms with Crippen molar-refractivity contribution >= 4 is 5.69 Å². The van der Waals surface area contributed by atoms with Crippen LogP contribution in [-0.4, -0.2) is 35.2 Å². The van der Waals surface area contributed by atoms with Gasteiger partial charge in [0.25, 0.3) is 5.89 Å². The van der Waals surface area contributed by atoms with Gasteiger partial charge in [-0.05, 0) is 32.9 Å². The minimum absolute atomic E-state index is 0.0863. The number of hydrogen-bond acceptors (Lipinski definition) is 6. The van der Waals surface area contributed by atoms with Crippen LogP contribution in [0.1, 0.15) is 19.7 Å². The van der Waals surface area contributed by atoms with Crippen molar-refractivity contribution in [3.63, 3.8) is 0 Å². The van der Waals surface area contributed by atoms with Crippen LogP contribution in [0.15, 0.2) is 28.8 Å². The number of aryl methyl sites for hydroxylation is 1. The van der Waals surface area contributed by atoms with Crippen LogP contribution in [0.3, 0.4) is 0 Å². The predicted octanol–water partition coefficient (Wildman–Crippen LogP) is 2.61. The highest BCUT2D eigenvalue weighted by Gasteiger charge is 2.28. The second kappa shape index (κ2) is 5.46. The van der Waals surface area contributed by atoms with Gasteiger partial charge in [-0.2, -0.15) is 4.98 Å². The molecule has 0 bridgehead atoms. The van der Waals surface area contributed by atoms with Gasteiger partial charge in [0, 0.05) is 5.69 Å². The van der Waals surface area contributed by atoms with E-state index < -0.39 is 5.79 Å². The zero-order valence-corrected chi connectivity index (χ0v) is 12.4. The van der Waals surface area contributed by atoms with Gasteiger partial charge in [-0.15, -0.1) is 0 Å². The summed E-state index contributed by atoms with van der Waals surface area (Å²) in [5, 5.41) is 7.25. The molecule has 0 spiro atoms. The van der Waals surface area contributed by atoms with Gasteiger partial charge < -0.3 is 19.3 Å². The summed E-state index contributed by atoms with van der Waals surface area (Å²) in [5.41, 5.74) is 1.81. The molecule has 0 aliphatic carbocycles. The standard InChI is InChI=1S/C15H19N3O3/c1-10-16-14(21-18-10)12-6-4-5-7-13(12)17-11-8-19-15(2,3)20-9-11/h4-7,11,17H,8-9H2,1-3H3. The molecule has 6 nitrogen and oxygen atoms in total. The van der Waals surface area contributed by atoms with Crippen LogP contribution in [0, 0.1) is 6.92 Å². The Hall–Kier alpha value is -1.92. The fraction of sp³-hybridized carbons (Fsp3) is 0.467. The Balaban J connectivity index is 1.77. The van der Waals surface area contributed by atoms with E-state index in [1.807, 2.05) is 38.1 Å². The molecule has 1 aliphatic heterocycles. The number of benzene rings is 1. The van der Waals surface area contributed by atoms with Gasteiger partial charge in [-0.25, -0.2) is 0 Å². The van der Waals surface area contributed by atoms with E-state index in [2.05, 4.69) is 15.5 Å². The molecule has 0 saturated carbocycles. The summed E-state index contributed by atoms with van der Waals surface area (Å²) in [7, 11) is 0. The Kier molecular flexibility index (Phi) is 3.65. The average molecular weight is 289 g/mol. The molecule has 1 saturated heterocycles. The van der Waals surface area contributed by atoms with E-state index in [-0.39, 0.29) is 6.04 Å². The van der Waals surface area contributed by atoms with Crippen LogP contribution in [-0.2, 0) is 9.47 Å². The second-order valence-electron chi connectivity index (χ2n) is 5.56. The molecule has 1 aliphatic rings. The van der Waals surface area contributed by atoms with Gasteiger partial charge >= 0.3 is 0 Å². The molecular formula is C15H19N3O3. The second-order valence-corrected chi connectivity index (χ2v) is 5.56. The zero-order valence-electron chi connectivity index (χ0n) is 12.4. The van der Waals surface area contributed by atoms with Crippen LogP contribution in [0.25, 0.3) is 11.5 Å². The Morgan fingerprint density at radius 2 is 1.90 bits per heavy atom. The van der Waals surface area contributed by atoms with Gasteiger partial charge in [-0.3, -0.25) is 0 Å². The van der Waals surface area contributed by atoms with Gasteiger partial charge in [0.05, 0.1) is 24.8 Å². The maximum absolute atomic E-state index is 5.66. The quantitative estimate of drug-likeness (QED) is 0.936. The molecule has 0 radical (unpaired) electrons. The SMILES string of the molecule is Cc1noc(-c2ccccc2NC2COC(C)(C)OC2)n1. The van der Waals surface area contributed by atoms with E-state index >= 15 is 0 Å². The Labute approximate surface area is 123 Å². The molecule has 3 rings (SSSR count). The van der Waals surface area contributed by atoms with Crippen molar-refractivity contribution in [3.8, 4) is 11.5 Å². The molecule has 6 heteroatoms. The van der Waals surface area contributed by atoms with E-state index in [9.17, 15) is 0 Å².